The molecule has 1 aromatic heterocycles. The maximum Gasteiger partial charge on any atom is 0.309 e. The summed E-state index contributed by atoms with van der Waals surface area (Å²) in [6.45, 7) is 3.38. The number of hydrogen-bond donors (Lipinski definition) is 2. The lowest BCUT2D eigenvalue weighted by molar-refractivity contribution is -0.149. The molecule has 1 aromatic carbocycles. The number of nitrogens with one attached hydrogen (secondary N) is 1. The maximum atomic E-state index is 12.0. The van der Waals surface area contributed by atoms with Gasteiger partial charge in [0.05, 0.1) is 11.1 Å². The lowest BCUT2D eigenvalue weighted by Gasteiger charge is -2.18. The van der Waals surface area contributed by atoms with Gasteiger partial charge in [-0.2, -0.15) is 5.10 Å². The predicted octanol–water partition coefficient (Wildman–Crippen LogP) is 2.20. The van der Waals surface area contributed by atoms with E-state index >= 15 is 0 Å². The van der Waals surface area contributed by atoms with Crippen LogP contribution in [0.2, 0.25) is 0 Å². The summed E-state index contributed by atoms with van der Waals surface area (Å²) in [6.07, 6.45) is 1.79. The second-order valence-corrected chi connectivity index (χ2v) is 6.19. The summed E-state index contributed by atoms with van der Waals surface area (Å²) < 4.78 is 1.70. The van der Waals surface area contributed by atoms with Crippen LogP contribution in [0.4, 0.5) is 0 Å². The standard InChI is InChI=1S/C17H21N3O3/c1-17(2,16(22)23)9-14(21)18-10-13-11-20(3)19-15(13)12-7-5-4-6-8-12/h4-8,11H,9-10H2,1-3H3,(H,18,21)(H,22,23). The molecule has 2 aromatic rings. The van der Waals surface area contributed by atoms with Crippen molar-refractivity contribution in [3.63, 3.8) is 0 Å². The third-order valence-electron chi connectivity index (χ3n) is 3.61. The average molecular weight is 315 g/mol. The van der Waals surface area contributed by atoms with Gasteiger partial charge in [-0.05, 0) is 13.8 Å². The second kappa shape index (κ2) is 6.64. The van der Waals surface area contributed by atoms with Gasteiger partial charge in [-0.15, -0.1) is 0 Å². The molecule has 0 fully saturated rings. The van der Waals surface area contributed by atoms with Crippen LogP contribution < -0.4 is 5.32 Å². The fourth-order valence-electron chi connectivity index (χ4n) is 2.24. The zero-order valence-electron chi connectivity index (χ0n) is 13.5. The second-order valence-electron chi connectivity index (χ2n) is 6.19. The van der Waals surface area contributed by atoms with Crippen molar-refractivity contribution in [2.24, 2.45) is 12.5 Å². The van der Waals surface area contributed by atoms with Gasteiger partial charge in [0, 0.05) is 37.3 Å². The lowest BCUT2D eigenvalue weighted by Crippen LogP contribution is -2.33. The number of benzene rings is 1. The van der Waals surface area contributed by atoms with Crippen molar-refractivity contribution in [1.82, 2.24) is 15.1 Å². The largest absolute Gasteiger partial charge is 0.481 e. The Hall–Kier alpha value is -2.63. The van der Waals surface area contributed by atoms with Crippen molar-refractivity contribution in [1.29, 1.82) is 0 Å². The Morgan fingerprint density at radius 3 is 2.52 bits per heavy atom. The first-order chi connectivity index (χ1) is 10.8. The summed E-state index contributed by atoms with van der Waals surface area (Å²) in [7, 11) is 1.82. The highest BCUT2D eigenvalue weighted by Gasteiger charge is 2.30. The Bertz CT molecular complexity index is 705. The van der Waals surface area contributed by atoms with Gasteiger partial charge in [-0.25, -0.2) is 0 Å². The van der Waals surface area contributed by atoms with E-state index in [1.165, 1.54) is 13.8 Å². The molecule has 0 unspecified atom stereocenters. The molecule has 0 atom stereocenters. The summed E-state index contributed by atoms with van der Waals surface area (Å²) in [5.41, 5.74) is 1.59. The molecule has 0 bridgehead atoms. The van der Waals surface area contributed by atoms with Crippen molar-refractivity contribution in [3.05, 3.63) is 42.1 Å². The molecule has 6 heteroatoms. The van der Waals surface area contributed by atoms with Crippen LogP contribution in [0.25, 0.3) is 11.3 Å². The molecule has 0 aliphatic heterocycles. The molecule has 122 valence electrons. The summed E-state index contributed by atoms with van der Waals surface area (Å²) in [6, 6.07) is 9.72. The summed E-state index contributed by atoms with van der Waals surface area (Å²) >= 11 is 0. The van der Waals surface area contributed by atoms with E-state index in [9.17, 15) is 9.59 Å². The Labute approximate surface area is 135 Å². The Balaban J connectivity index is 2.07. The van der Waals surface area contributed by atoms with E-state index in [0.29, 0.717) is 6.54 Å². The maximum absolute atomic E-state index is 12.0. The van der Waals surface area contributed by atoms with Gasteiger partial charge in [0.25, 0.3) is 0 Å². The zero-order chi connectivity index (χ0) is 17.0. The molecule has 1 amide bonds. The van der Waals surface area contributed by atoms with E-state index in [4.69, 9.17) is 5.11 Å². The van der Waals surface area contributed by atoms with Gasteiger partial charge < -0.3 is 10.4 Å². The molecule has 23 heavy (non-hydrogen) atoms. The average Bonchev–Trinajstić information content (AvgIpc) is 2.86. The molecule has 0 aliphatic carbocycles. The van der Waals surface area contributed by atoms with E-state index in [0.717, 1.165) is 16.8 Å². The summed E-state index contributed by atoms with van der Waals surface area (Å²) in [4.78, 5) is 23.1. The Morgan fingerprint density at radius 2 is 1.91 bits per heavy atom. The first-order valence-corrected chi connectivity index (χ1v) is 7.37. The molecule has 0 saturated heterocycles. The molecular weight excluding hydrogens is 294 g/mol. The third-order valence-corrected chi connectivity index (χ3v) is 3.61. The van der Waals surface area contributed by atoms with E-state index in [-0.39, 0.29) is 12.3 Å². The Kier molecular flexibility index (Phi) is 4.83. The minimum absolute atomic E-state index is 0.0662. The summed E-state index contributed by atoms with van der Waals surface area (Å²) in [5, 5.41) is 16.3. The molecule has 0 spiro atoms. The molecular formula is C17H21N3O3. The van der Waals surface area contributed by atoms with E-state index < -0.39 is 11.4 Å². The van der Waals surface area contributed by atoms with E-state index in [2.05, 4.69) is 10.4 Å². The number of carboxylic acids is 1. The number of hydrogen-bond acceptors (Lipinski definition) is 3. The van der Waals surface area contributed by atoms with Gasteiger partial charge in [0.1, 0.15) is 0 Å². The molecule has 1 heterocycles. The number of aliphatic carboxylic acids is 1. The van der Waals surface area contributed by atoms with E-state index in [1.54, 1.807) is 4.68 Å². The lowest BCUT2D eigenvalue weighted by atomic mass is 9.89. The van der Waals surface area contributed by atoms with Crippen molar-refractivity contribution in [2.45, 2.75) is 26.8 Å². The van der Waals surface area contributed by atoms with Gasteiger partial charge in [0.2, 0.25) is 5.91 Å². The van der Waals surface area contributed by atoms with Crippen LogP contribution in [-0.4, -0.2) is 26.8 Å². The van der Waals surface area contributed by atoms with Crippen LogP contribution in [0.15, 0.2) is 36.5 Å². The molecule has 2 rings (SSSR count). The molecule has 0 radical (unpaired) electrons. The number of nitrogens with zero attached hydrogens (tertiary/aromatic N) is 2. The predicted molar refractivity (Wildman–Crippen MR) is 86.5 cm³/mol. The number of carbonyl (C=O) groups is 2. The first kappa shape index (κ1) is 16.7. The highest BCUT2D eigenvalue weighted by molar-refractivity contribution is 5.84. The molecule has 6 nitrogen and oxygen atoms in total. The number of aromatic nitrogens is 2. The molecule has 0 aliphatic rings. The smallest absolute Gasteiger partial charge is 0.309 e. The van der Waals surface area contributed by atoms with Gasteiger partial charge in [-0.3, -0.25) is 14.3 Å². The SMILES string of the molecule is Cn1cc(CNC(=O)CC(C)(C)C(=O)O)c(-c2ccccc2)n1. The fraction of sp³-hybridized carbons (Fsp3) is 0.353. The topological polar surface area (TPSA) is 84.2 Å². The highest BCUT2D eigenvalue weighted by Crippen LogP contribution is 2.22. The van der Waals surface area contributed by atoms with Crippen LogP contribution in [0.5, 0.6) is 0 Å². The minimum atomic E-state index is -1.08. The Morgan fingerprint density at radius 1 is 1.26 bits per heavy atom. The van der Waals surface area contributed by atoms with Crippen LogP contribution in [-0.2, 0) is 23.2 Å². The normalized spacial score (nSPS) is 11.3. The zero-order valence-corrected chi connectivity index (χ0v) is 13.5. The monoisotopic (exact) mass is 315 g/mol. The van der Waals surface area contributed by atoms with Gasteiger partial charge in [-0.1, -0.05) is 30.3 Å². The number of aryl methyl sites for hydroxylation is 1. The summed E-state index contributed by atoms with van der Waals surface area (Å²) in [5.74, 6) is -1.28. The first-order valence-electron chi connectivity index (χ1n) is 7.37. The highest BCUT2D eigenvalue weighted by atomic mass is 16.4. The molecule has 2 N–H and O–H groups in total. The van der Waals surface area contributed by atoms with Crippen LogP contribution in [0.1, 0.15) is 25.8 Å². The van der Waals surface area contributed by atoms with Crippen LogP contribution in [0.3, 0.4) is 0 Å². The quantitative estimate of drug-likeness (QED) is 0.856. The van der Waals surface area contributed by atoms with Crippen LogP contribution >= 0.6 is 0 Å². The number of carboxylic acid groups (broad SMARTS) is 1. The third kappa shape index (κ3) is 4.18. The van der Waals surface area contributed by atoms with Crippen molar-refractivity contribution in [3.8, 4) is 11.3 Å². The van der Waals surface area contributed by atoms with E-state index in [1.807, 2.05) is 43.6 Å². The van der Waals surface area contributed by atoms with Crippen molar-refractivity contribution in [2.75, 3.05) is 0 Å². The number of amides is 1. The minimum Gasteiger partial charge on any atom is -0.481 e. The number of carbonyl (C=O) groups excluding carboxylic acids is 1. The van der Waals surface area contributed by atoms with Crippen molar-refractivity contribution < 1.29 is 14.7 Å². The van der Waals surface area contributed by atoms with Gasteiger partial charge in [0.15, 0.2) is 0 Å². The van der Waals surface area contributed by atoms with Gasteiger partial charge >= 0.3 is 5.97 Å². The van der Waals surface area contributed by atoms with Crippen molar-refractivity contribution >= 4 is 11.9 Å². The molecule has 0 saturated carbocycles. The van der Waals surface area contributed by atoms with Crippen LogP contribution in [0, 0.1) is 5.41 Å². The fourth-order valence-corrected chi connectivity index (χ4v) is 2.24. The number of rotatable bonds is 6.